The van der Waals surface area contributed by atoms with Crippen molar-refractivity contribution in [3.63, 3.8) is 0 Å². The number of carbonyl (C=O) groups is 3. The normalized spacial score (nSPS) is 21.8. The topological polar surface area (TPSA) is 72.9 Å². The van der Waals surface area contributed by atoms with Crippen molar-refractivity contribution >= 4 is 18.2 Å². The van der Waals surface area contributed by atoms with E-state index in [4.69, 9.17) is 4.74 Å². The molecule has 0 N–H and O–H groups in total. The number of cyclic esters (lactones) is 2. The molecule has 0 radical (unpaired) electrons. The van der Waals surface area contributed by atoms with Gasteiger partial charge >= 0.3 is 18.2 Å². The molecule has 0 aromatic heterocycles. The molecule has 0 aromatic carbocycles. The first-order valence-corrected chi connectivity index (χ1v) is 5.95. The van der Waals surface area contributed by atoms with Crippen molar-refractivity contribution in [3.8, 4) is 0 Å². The quantitative estimate of drug-likeness (QED) is 0.560. The summed E-state index contributed by atoms with van der Waals surface area (Å²) in [6.07, 6.45) is -1.16. The average Bonchev–Trinajstić information content (AvgIpc) is 2.49. The van der Waals surface area contributed by atoms with Crippen molar-refractivity contribution in [2.45, 2.75) is 52.7 Å². The van der Waals surface area contributed by atoms with Crippen molar-refractivity contribution in [3.05, 3.63) is 0 Å². The number of esters is 1. The van der Waals surface area contributed by atoms with E-state index in [9.17, 15) is 14.4 Å². The van der Waals surface area contributed by atoms with Gasteiger partial charge in [-0.15, -0.1) is 0 Å². The summed E-state index contributed by atoms with van der Waals surface area (Å²) >= 11 is 0. The number of carbonyl (C=O) groups excluding carboxylic acids is 3. The lowest BCUT2D eigenvalue weighted by atomic mass is 9.99. The van der Waals surface area contributed by atoms with Crippen LogP contribution in [0.4, 0.5) is 9.59 Å². The van der Waals surface area contributed by atoms with E-state index in [1.165, 1.54) is 0 Å². The van der Waals surface area contributed by atoms with Gasteiger partial charge in [0.2, 0.25) is 0 Å². The fraction of sp³-hybridized carbons (Fsp3) is 0.750. The van der Waals surface area contributed by atoms with E-state index in [2.05, 4.69) is 4.74 Å². The van der Waals surface area contributed by atoms with Gasteiger partial charge in [0.1, 0.15) is 11.6 Å². The van der Waals surface area contributed by atoms with Crippen LogP contribution in [0.1, 0.15) is 41.0 Å². The number of rotatable bonds is 2. The first kappa shape index (κ1) is 14.5. The Bertz CT molecular complexity index is 371. The smallest absolute Gasteiger partial charge is 0.427 e. The molecule has 0 aliphatic carbocycles. The van der Waals surface area contributed by atoms with Gasteiger partial charge in [-0.25, -0.2) is 14.4 Å². The standard InChI is InChI=1S/C12H19NO5/c1-6-7(2)8-9(14)17-10(15)13(8)11(16)18-12(3,4)5/h7-8H,6H2,1-5H3. The molecule has 0 saturated carbocycles. The van der Waals surface area contributed by atoms with Crippen LogP contribution in [0, 0.1) is 5.92 Å². The molecule has 1 fully saturated rings. The van der Waals surface area contributed by atoms with Crippen molar-refractivity contribution < 1.29 is 23.9 Å². The molecule has 6 heteroatoms. The average molecular weight is 257 g/mol. The van der Waals surface area contributed by atoms with Crippen molar-refractivity contribution in [2.24, 2.45) is 5.92 Å². The van der Waals surface area contributed by atoms with Crippen molar-refractivity contribution in [2.75, 3.05) is 0 Å². The summed E-state index contributed by atoms with van der Waals surface area (Å²) in [6.45, 7) is 8.71. The van der Waals surface area contributed by atoms with E-state index in [0.29, 0.717) is 6.42 Å². The van der Waals surface area contributed by atoms with E-state index < -0.39 is 29.8 Å². The lowest BCUT2D eigenvalue weighted by molar-refractivity contribution is -0.137. The molecule has 1 saturated heterocycles. The van der Waals surface area contributed by atoms with Gasteiger partial charge in [-0.2, -0.15) is 4.90 Å². The third-order valence-corrected chi connectivity index (χ3v) is 2.68. The number of imide groups is 1. The highest BCUT2D eigenvalue weighted by Gasteiger charge is 2.48. The van der Waals surface area contributed by atoms with Crippen LogP contribution in [0.5, 0.6) is 0 Å². The third kappa shape index (κ3) is 3.00. The summed E-state index contributed by atoms with van der Waals surface area (Å²) in [4.78, 5) is 35.8. The van der Waals surface area contributed by atoms with Crippen LogP contribution in [0.3, 0.4) is 0 Å². The zero-order valence-electron chi connectivity index (χ0n) is 11.4. The molecule has 2 unspecified atom stereocenters. The van der Waals surface area contributed by atoms with Crippen LogP contribution in [-0.4, -0.2) is 34.7 Å². The Balaban J connectivity index is 2.93. The van der Waals surface area contributed by atoms with Crippen molar-refractivity contribution in [1.29, 1.82) is 0 Å². The fourth-order valence-electron chi connectivity index (χ4n) is 1.62. The lowest BCUT2D eigenvalue weighted by Crippen LogP contribution is -2.46. The summed E-state index contributed by atoms with van der Waals surface area (Å²) < 4.78 is 9.59. The minimum atomic E-state index is -0.959. The monoisotopic (exact) mass is 257 g/mol. The van der Waals surface area contributed by atoms with E-state index in [1.54, 1.807) is 27.7 Å². The number of hydrogen-bond acceptors (Lipinski definition) is 5. The van der Waals surface area contributed by atoms with Crippen LogP contribution in [0.25, 0.3) is 0 Å². The summed E-state index contributed by atoms with van der Waals surface area (Å²) in [7, 11) is 0. The van der Waals surface area contributed by atoms with Gasteiger partial charge in [0.05, 0.1) is 0 Å². The Hall–Kier alpha value is -1.59. The van der Waals surface area contributed by atoms with Gasteiger partial charge in [-0.1, -0.05) is 20.3 Å². The highest BCUT2D eigenvalue weighted by Crippen LogP contribution is 2.25. The van der Waals surface area contributed by atoms with Crippen LogP contribution in [-0.2, 0) is 14.3 Å². The van der Waals surface area contributed by atoms with Crippen LogP contribution in [0.15, 0.2) is 0 Å². The molecule has 0 aromatic rings. The summed E-state index contributed by atoms with van der Waals surface area (Å²) in [5.41, 5.74) is -0.733. The minimum absolute atomic E-state index is 0.170. The first-order valence-electron chi connectivity index (χ1n) is 5.95. The summed E-state index contributed by atoms with van der Waals surface area (Å²) in [6, 6.07) is -0.891. The Kier molecular flexibility index (Phi) is 3.98. The molecule has 1 aliphatic rings. The highest BCUT2D eigenvalue weighted by atomic mass is 16.6. The molecule has 0 spiro atoms. The van der Waals surface area contributed by atoms with Gasteiger partial charge in [-0.3, -0.25) is 0 Å². The predicted octanol–water partition coefficient (Wildman–Crippen LogP) is 2.32. The third-order valence-electron chi connectivity index (χ3n) is 2.68. The molecule has 0 bridgehead atoms. The molecular formula is C12H19NO5. The number of ether oxygens (including phenoxy) is 2. The van der Waals surface area contributed by atoms with Gasteiger partial charge in [0.15, 0.2) is 0 Å². The van der Waals surface area contributed by atoms with E-state index in [0.717, 1.165) is 4.90 Å². The number of hydrogen-bond donors (Lipinski definition) is 0. The Labute approximate surface area is 106 Å². The van der Waals surface area contributed by atoms with E-state index >= 15 is 0 Å². The van der Waals surface area contributed by atoms with Gasteiger partial charge in [-0.05, 0) is 26.7 Å². The predicted molar refractivity (Wildman–Crippen MR) is 62.8 cm³/mol. The zero-order chi connectivity index (χ0) is 14.1. The second-order valence-corrected chi connectivity index (χ2v) is 5.37. The molecule has 18 heavy (non-hydrogen) atoms. The summed E-state index contributed by atoms with van der Waals surface area (Å²) in [5, 5.41) is 0. The second kappa shape index (κ2) is 4.96. The van der Waals surface area contributed by atoms with Crippen LogP contribution in [0.2, 0.25) is 0 Å². The van der Waals surface area contributed by atoms with Crippen molar-refractivity contribution in [1.82, 2.24) is 4.90 Å². The fourth-order valence-corrected chi connectivity index (χ4v) is 1.62. The van der Waals surface area contributed by atoms with Gasteiger partial charge in [0, 0.05) is 0 Å². The minimum Gasteiger partial charge on any atom is -0.443 e. The van der Waals surface area contributed by atoms with Crippen LogP contribution < -0.4 is 0 Å². The summed E-state index contributed by atoms with van der Waals surface area (Å²) in [5.74, 6) is -0.864. The highest BCUT2D eigenvalue weighted by molar-refractivity contribution is 6.04. The molecule has 2 atom stereocenters. The second-order valence-electron chi connectivity index (χ2n) is 5.37. The molecule has 1 rings (SSSR count). The Morgan fingerprint density at radius 2 is 2.00 bits per heavy atom. The maximum Gasteiger partial charge on any atom is 0.427 e. The maximum absolute atomic E-state index is 11.9. The van der Waals surface area contributed by atoms with E-state index in [1.807, 2.05) is 6.92 Å². The SMILES string of the molecule is CCC(C)C1C(=O)OC(=O)N1C(=O)OC(C)(C)C. The molecule has 1 aliphatic heterocycles. The van der Waals surface area contributed by atoms with Crippen LogP contribution >= 0.6 is 0 Å². The largest absolute Gasteiger partial charge is 0.443 e. The molecule has 1 heterocycles. The number of nitrogens with zero attached hydrogens (tertiary/aromatic N) is 1. The first-order chi connectivity index (χ1) is 8.17. The Morgan fingerprint density at radius 1 is 1.44 bits per heavy atom. The molecule has 2 amide bonds. The molecular weight excluding hydrogens is 238 g/mol. The molecule has 102 valence electrons. The number of amides is 2. The van der Waals surface area contributed by atoms with Gasteiger partial charge < -0.3 is 9.47 Å². The molecule has 6 nitrogen and oxygen atoms in total. The lowest BCUT2D eigenvalue weighted by Gasteiger charge is -2.26. The van der Waals surface area contributed by atoms with Gasteiger partial charge in [0.25, 0.3) is 0 Å². The maximum atomic E-state index is 11.9. The zero-order valence-corrected chi connectivity index (χ0v) is 11.4. The van der Waals surface area contributed by atoms with E-state index in [-0.39, 0.29) is 5.92 Å². The Morgan fingerprint density at radius 3 is 2.44 bits per heavy atom.